The number of hydrogen-bond acceptors (Lipinski definition) is 3. The van der Waals surface area contributed by atoms with Gasteiger partial charge >= 0.3 is 0 Å². The topological polar surface area (TPSA) is 48.9 Å². The van der Waals surface area contributed by atoms with E-state index in [-0.39, 0.29) is 0 Å². The molecule has 0 amide bonds. The van der Waals surface area contributed by atoms with Gasteiger partial charge in [0.25, 0.3) is 0 Å². The molecule has 3 nitrogen and oxygen atoms in total. The molecular formula is C15H14N2OS. The molecule has 0 aliphatic rings. The highest BCUT2D eigenvalue weighted by Gasteiger charge is 2.18. The predicted molar refractivity (Wildman–Crippen MR) is 77.1 cm³/mol. The summed E-state index contributed by atoms with van der Waals surface area (Å²) in [6.45, 7) is 2.04. The summed E-state index contributed by atoms with van der Waals surface area (Å²) in [6, 6.07) is 11.9. The van der Waals surface area contributed by atoms with E-state index in [2.05, 4.69) is 10.2 Å². The molecule has 0 aliphatic carbocycles. The first-order valence-corrected chi connectivity index (χ1v) is 6.95. The molecule has 0 spiro atoms. The second kappa shape index (κ2) is 4.99. The average molecular weight is 270 g/mol. The Labute approximate surface area is 115 Å². The second-order valence-electron chi connectivity index (χ2n) is 4.46. The summed E-state index contributed by atoms with van der Waals surface area (Å²) in [5, 5.41) is 19.5. The van der Waals surface area contributed by atoms with Crippen molar-refractivity contribution in [2.24, 2.45) is 0 Å². The third-order valence-corrected chi connectivity index (χ3v) is 3.97. The van der Waals surface area contributed by atoms with Crippen molar-refractivity contribution in [3.05, 3.63) is 64.0 Å². The van der Waals surface area contributed by atoms with Crippen LogP contribution in [0, 0.1) is 6.92 Å². The van der Waals surface area contributed by atoms with Crippen LogP contribution in [0.5, 0.6) is 0 Å². The standard InChI is InChI=1S/C15H14N2OS/c1-10-7-12(9-19-10)15(18)13-8-16-17-14(13)11-5-3-2-4-6-11/h2-9,15,18H,1H3,(H,16,17). The lowest BCUT2D eigenvalue weighted by atomic mass is 10.0. The number of nitrogens with zero attached hydrogens (tertiary/aromatic N) is 1. The largest absolute Gasteiger partial charge is 0.383 e. The van der Waals surface area contributed by atoms with Crippen molar-refractivity contribution in [3.8, 4) is 11.3 Å². The van der Waals surface area contributed by atoms with Crippen LogP contribution in [0.3, 0.4) is 0 Å². The lowest BCUT2D eigenvalue weighted by Crippen LogP contribution is -1.98. The molecule has 3 rings (SSSR count). The minimum Gasteiger partial charge on any atom is -0.383 e. The molecule has 0 fully saturated rings. The lowest BCUT2D eigenvalue weighted by molar-refractivity contribution is 0.221. The first-order valence-electron chi connectivity index (χ1n) is 6.07. The van der Waals surface area contributed by atoms with Gasteiger partial charge in [-0.2, -0.15) is 5.10 Å². The summed E-state index contributed by atoms with van der Waals surface area (Å²) in [5.74, 6) is 0. The normalized spacial score (nSPS) is 12.5. The summed E-state index contributed by atoms with van der Waals surface area (Å²) in [6.07, 6.45) is 1.05. The first kappa shape index (κ1) is 12.1. The van der Waals surface area contributed by atoms with E-state index in [0.717, 1.165) is 22.4 Å². The molecule has 96 valence electrons. The highest BCUT2D eigenvalue weighted by atomic mass is 32.1. The Balaban J connectivity index is 2.01. The van der Waals surface area contributed by atoms with Crippen LogP contribution in [0.4, 0.5) is 0 Å². The monoisotopic (exact) mass is 270 g/mol. The van der Waals surface area contributed by atoms with Crippen molar-refractivity contribution in [1.29, 1.82) is 0 Å². The number of aliphatic hydroxyl groups excluding tert-OH is 1. The Hall–Kier alpha value is -1.91. The number of benzene rings is 1. The van der Waals surface area contributed by atoms with Gasteiger partial charge < -0.3 is 5.11 Å². The molecule has 19 heavy (non-hydrogen) atoms. The van der Waals surface area contributed by atoms with Gasteiger partial charge in [0.05, 0.1) is 11.9 Å². The van der Waals surface area contributed by atoms with E-state index in [0.29, 0.717) is 0 Å². The maximum atomic E-state index is 10.5. The summed E-state index contributed by atoms with van der Waals surface area (Å²) in [4.78, 5) is 1.19. The van der Waals surface area contributed by atoms with E-state index < -0.39 is 6.10 Å². The molecule has 0 aliphatic heterocycles. The Bertz CT molecular complexity index is 672. The second-order valence-corrected chi connectivity index (χ2v) is 5.57. The minimum atomic E-state index is -0.640. The van der Waals surface area contributed by atoms with Crippen LogP contribution in [0.2, 0.25) is 0 Å². The van der Waals surface area contributed by atoms with E-state index in [1.54, 1.807) is 17.5 Å². The highest BCUT2D eigenvalue weighted by molar-refractivity contribution is 7.10. The van der Waals surface area contributed by atoms with Gasteiger partial charge in [0.15, 0.2) is 0 Å². The van der Waals surface area contributed by atoms with Crippen molar-refractivity contribution in [2.75, 3.05) is 0 Å². The van der Waals surface area contributed by atoms with Gasteiger partial charge in [-0.15, -0.1) is 11.3 Å². The zero-order valence-corrected chi connectivity index (χ0v) is 11.3. The Morgan fingerprint density at radius 2 is 2.05 bits per heavy atom. The number of H-pyrrole nitrogens is 1. The number of hydrogen-bond donors (Lipinski definition) is 2. The molecule has 0 saturated heterocycles. The number of thiophene rings is 1. The molecule has 2 N–H and O–H groups in total. The van der Waals surface area contributed by atoms with Gasteiger partial charge in [-0.3, -0.25) is 5.10 Å². The van der Waals surface area contributed by atoms with Gasteiger partial charge in [-0.1, -0.05) is 30.3 Å². The highest BCUT2D eigenvalue weighted by Crippen LogP contribution is 2.31. The van der Waals surface area contributed by atoms with Gasteiger partial charge in [0, 0.05) is 10.4 Å². The SMILES string of the molecule is Cc1cc(C(O)c2cn[nH]c2-c2ccccc2)cs1. The molecule has 0 bridgehead atoms. The molecule has 4 heteroatoms. The molecule has 1 atom stereocenters. The summed E-state index contributed by atoms with van der Waals surface area (Å²) in [7, 11) is 0. The number of aromatic nitrogens is 2. The molecule has 1 unspecified atom stereocenters. The average Bonchev–Trinajstić information content (AvgIpc) is 3.07. The zero-order valence-electron chi connectivity index (χ0n) is 10.5. The van der Waals surface area contributed by atoms with Gasteiger partial charge in [0.1, 0.15) is 6.10 Å². The third-order valence-electron chi connectivity index (χ3n) is 3.09. The van der Waals surface area contributed by atoms with Crippen LogP contribution >= 0.6 is 11.3 Å². The Morgan fingerprint density at radius 1 is 1.26 bits per heavy atom. The maximum Gasteiger partial charge on any atom is 0.108 e. The van der Waals surface area contributed by atoms with Gasteiger partial charge in [-0.05, 0) is 29.5 Å². The number of nitrogens with one attached hydrogen (secondary N) is 1. The number of aryl methyl sites for hydroxylation is 1. The van der Waals surface area contributed by atoms with E-state index in [1.807, 2.05) is 48.7 Å². The van der Waals surface area contributed by atoms with Crippen LogP contribution in [-0.4, -0.2) is 15.3 Å². The molecule has 1 aromatic carbocycles. The van der Waals surface area contributed by atoms with Crippen molar-refractivity contribution in [2.45, 2.75) is 13.0 Å². The number of rotatable bonds is 3. The fraction of sp³-hybridized carbons (Fsp3) is 0.133. The third kappa shape index (κ3) is 2.32. The predicted octanol–water partition coefficient (Wildman–Crippen LogP) is 3.53. The number of aliphatic hydroxyl groups is 1. The van der Waals surface area contributed by atoms with Crippen LogP contribution < -0.4 is 0 Å². The van der Waals surface area contributed by atoms with E-state index >= 15 is 0 Å². The molecule has 2 heterocycles. The quantitative estimate of drug-likeness (QED) is 0.765. The van der Waals surface area contributed by atoms with E-state index in [9.17, 15) is 5.11 Å². The summed E-state index contributed by atoms with van der Waals surface area (Å²) < 4.78 is 0. The van der Waals surface area contributed by atoms with Crippen LogP contribution in [0.1, 0.15) is 22.1 Å². The van der Waals surface area contributed by atoms with Gasteiger partial charge in [-0.25, -0.2) is 0 Å². The lowest BCUT2D eigenvalue weighted by Gasteiger charge is -2.09. The smallest absolute Gasteiger partial charge is 0.108 e. The molecule has 3 aromatic rings. The van der Waals surface area contributed by atoms with E-state index in [4.69, 9.17) is 0 Å². The Morgan fingerprint density at radius 3 is 2.74 bits per heavy atom. The molecule has 0 radical (unpaired) electrons. The Kier molecular flexibility index (Phi) is 3.19. The van der Waals surface area contributed by atoms with Crippen molar-refractivity contribution in [3.63, 3.8) is 0 Å². The fourth-order valence-corrected chi connectivity index (χ4v) is 2.85. The van der Waals surface area contributed by atoms with Crippen molar-refractivity contribution in [1.82, 2.24) is 10.2 Å². The summed E-state index contributed by atoms with van der Waals surface area (Å²) >= 11 is 1.64. The van der Waals surface area contributed by atoms with E-state index in [1.165, 1.54) is 4.88 Å². The molecular weight excluding hydrogens is 256 g/mol. The minimum absolute atomic E-state index is 0.640. The first-order chi connectivity index (χ1) is 9.25. The van der Waals surface area contributed by atoms with Gasteiger partial charge in [0.2, 0.25) is 0 Å². The number of aromatic amines is 1. The maximum absolute atomic E-state index is 10.5. The van der Waals surface area contributed by atoms with Crippen LogP contribution in [0.25, 0.3) is 11.3 Å². The zero-order chi connectivity index (χ0) is 13.2. The molecule has 2 aromatic heterocycles. The van der Waals surface area contributed by atoms with Crippen LogP contribution in [0.15, 0.2) is 48.0 Å². The van der Waals surface area contributed by atoms with Crippen molar-refractivity contribution < 1.29 is 5.11 Å². The molecule has 0 saturated carbocycles. The fourth-order valence-electron chi connectivity index (χ4n) is 2.13. The van der Waals surface area contributed by atoms with Crippen molar-refractivity contribution >= 4 is 11.3 Å². The summed E-state index contributed by atoms with van der Waals surface area (Å²) in [5.41, 5.74) is 3.63. The van der Waals surface area contributed by atoms with Crippen LogP contribution in [-0.2, 0) is 0 Å².